The SMILES string of the molecule is COc1cc(Br)cc(NCC(C)OC)c1. The molecule has 1 aromatic carbocycles. The minimum Gasteiger partial charge on any atom is -0.497 e. The minimum atomic E-state index is 0.190. The van der Waals surface area contributed by atoms with Gasteiger partial charge in [-0.05, 0) is 19.1 Å². The molecule has 1 atom stereocenters. The van der Waals surface area contributed by atoms with Crippen molar-refractivity contribution in [2.24, 2.45) is 0 Å². The maximum atomic E-state index is 5.17. The molecule has 4 heteroatoms. The van der Waals surface area contributed by atoms with Gasteiger partial charge in [0.2, 0.25) is 0 Å². The summed E-state index contributed by atoms with van der Waals surface area (Å²) in [7, 11) is 3.36. The van der Waals surface area contributed by atoms with Crippen LogP contribution in [0.3, 0.4) is 0 Å². The van der Waals surface area contributed by atoms with Crippen LogP contribution < -0.4 is 10.1 Å². The Balaban J connectivity index is 2.64. The Bertz CT molecular complexity index is 317. The van der Waals surface area contributed by atoms with E-state index < -0.39 is 0 Å². The molecule has 1 rings (SSSR count). The van der Waals surface area contributed by atoms with Gasteiger partial charge in [0, 0.05) is 29.9 Å². The third kappa shape index (κ3) is 4.10. The molecular weight excluding hydrogens is 258 g/mol. The number of anilines is 1. The quantitative estimate of drug-likeness (QED) is 0.895. The molecule has 0 saturated carbocycles. The van der Waals surface area contributed by atoms with Crippen molar-refractivity contribution in [3.63, 3.8) is 0 Å². The summed E-state index contributed by atoms with van der Waals surface area (Å²) in [6.45, 7) is 2.79. The molecule has 0 heterocycles. The van der Waals surface area contributed by atoms with Crippen molar-refractivity contribution in [1.29, 1.82) is 0 Å². The van der Waals surface area contributed by atoms with Crippen molar-refractivity contribution in [2.75, 3.05) is 26.1 Å². The molecule has 15 heavy (non-hydrogen) atoms. The summed E-state index contributed by atoms with van der Waals surface area (Å²) in [5, 5.41) is 3.28. The predicted molar refractivity (Wildman–Crippen MR) is 65.7 cm³/mol. The van der Waals surface area contributed by atoms with Gasteiger partial charge < -0.3 is 14.8 Å². The van der Waals surface area contributed by atoms with Crippen LogP contribution in [-0.2, 0) is 4.74 Å². The molecule has 1 aromatic rings. The maximum Gasteiger partial charge on any atom is 0.122 e. The Morgan fingerprint density at radius 2 is 2.07 bits per heavy atom. The normalized spacial score (nSPS) is 12.3. The summed E-state index contributed by atoms with van der Waals surface area (Å²) in [6, 6.07) is 5.88. The summed E-state index contributed by atoms with van der Waals surface area (Å²) in [6.07, 6.45) is 0.190. The Labute approximate surface area is 98.9 Å². The van der Waals surface area contributed by atoms with Crippen molar-refractivity contribution in [3.8, 4) is 5.75 Å². The van der Waals surface area contributed by atoms with Gasteiger partial charge in [0.25, 0.3) is 0 Å². The van der Waals surface area contributed by atoms with Gasteiger partial charge in [-0.3, -0.25) is 0 Å². The highest BCUT2D eigenvalue weighted by molar-refractivity contribution is 9.10. The van der Waals surface area contributed by atoms with Crippen molar-refractivity contribution in [3.05, 3.63) is 22.7 Å². The van der Waals surface area contributed by atoms with Crippen LogP contribution in [0.25, 0.3) is 0 Å². The van der Waals surface area contributed by atoms with Crippen molar-refractivity contribution < 1.29 is 9.47 Å². The van der Waals surface area contributed by atoms with Crippen LogP contribution in [0.15, 0.2) is 22.7 Å². The molecule has 0 bridgehead atoms. The Kier molecular flexibility index (Phi) is 4.91. The van der Waals surface area contributed by atoms with Gasteiger partial charge in [0.1, 0.15) is 5.75 Å². The molecule has 0 fully saturated rings. The number of nitrogens with one attached hydrogen (secondary N) is 1. The van der Waals surface area contributed by atoms with E-state index in [-0.39, 0.29) is 6.10 Å². The summed E-state index contributed by atoms with van der Waals surface area (Å²) < 4.78 is 11.3. The first-order chi connectivity index (χ1) is 7.15. The molecule has 84 valence electrons. The molecule has 3 nitrogen and oxygen atoms in total. The first kappa shape index (κ1) is 12.3. The van der Waals surface area contributed by atoms with E-state index in [1.54, 1.807) is 14.2 Å². The first-order valence-corrected chi connectivity index (χ1v) is 5.56. The van der Waals surface area contributed by atoms with Crippen molar-refractivity contribution in [1.82, 2.24) is 0 Å². The van der Waals surface area contributed by atoms with Crippen LogP contribution in [0, 0.1) is 0 Å². The van der Waals surface area contributed by atoms with E-state index in [0.29, 0.717) is 0 Å². The number of methoxy groups -OCH3 is 2. The standard InChI is InChI=1S/C11H16BrNO2/c1-8(14-2)7-13-10-4-9(12)5-11(6-10)15-3/h4-6,8,13H,7H2,1-3H3. The van der Waals surface area contributed by atoms with E-state index in [0.717, 1.165) is 22.5 Å². The number of hydrogen-bond donors (Lipinski definition) is 1. The zero-order valence-electron chi connectivity index (χ0n) is 9.21. The fourth-order valence-corrected chi connectivity index (χ4v) is 1.60. The molecule has 1 N–H and O–H groups in total. The van der Waals surface area contributed by atoms with Gasteiger partial charge in [-0.1, -0.05) is 15.9 Å². The second-order valence-electron chi connectivity index (χ2n) is 3.31. The summed E-state index contributed by atoms with van der Waals surface area (Å²) in [4.78, 5) is 0. The maximum absolute atomic E-state index is 5.17. The Morgan fingerprint density at radius 1 is 1.33 bits per heavy atom. The van der Waals surface area contributed by atoms with Crippen LogP contribution in [0.4, 0.5) is 5.69 Å². The molecule has 0 aliphatic rings. The van der Waals surface area contributed by atoms with Crippen molar-refractivity contribution >= 4 is 21.6 Å². The summed E-state index contributed by atoms with van der Waals surface area (Å²) >= 11 is 3.43. The van der Waals surface area contributed by atoms with Gasteiger partial charge >= 0.3 is 0 Å². The van der Waals surface area contributed by atoms with E-state index in [1.165, 1.54) is 0 Å². The van der Waals surface area contributed by atoms with E-state index >= 15 is 0 Å². The topological polar surface area (TPSA) is 30.5 Å². The van der Waals surface area contributed by atoms with Crippen LogP contribution in [0.2, 0.25) is 0 Å². The van der Waals surface area contributed by atoms with Crippen LogP contribution in [0.5, 0.6) is 5.75 Å². The molecule has 1 unspecified atom stereocenters. The summed E-state index contributed by atoms with van der Waals surface area (Å²) in [5.41, 5.74) is 1.02. The minimum absolute atomic E-state index is 0.190. The summed E-state index contributed by atoms with van der Waals surface area (Å²) in [5.74, 6) is 0.831. The van der Waals surface area contributed by atoms with E-state index in [9.17, 15) is 0 Å². The molecule has 0 radical (unpaired) electrons. The van der Waals surface area contributed by atoms with Gasteiger partial charge in [-0.15, -0.1) is 0 Å². The van der Waals surface area contributed by atoms with E-state index in [2.05, 4.69) is 21.2 Å². The number of ether oxygens (including phenoxy) is 2. The van der Waals surface area contributed by atoms with Gasteiger partial charge in [0.05, 0.1) is 13.2 Å². The second kappa shape index (κ2) is 5.98. The lowest BCUT2D eigenvalue weighted by Crippen LogP contribution is -2.17. The number of hydrogen-bond acceptors (Lipinski definition) is 3. The third-order valence-corrected chi connectivity index (χ3v) is 2.56. The third-order valence-electron chi connectivity index (χ3n) is 2.10. The molecule has 0 amide bonds. The number of halogens is 1. The molecule has 0 spiro atoms. The monoisotopic (exact) mass is 273 g/mol. The highest BCUT2D eigenvalue weighted by Crippen LogP contribution is 2.24. The van der Waals surface area contributed by atoms with Gasteiger partial charge in [-0.25, -0.2) is 0 Å². The first-order valence-electron chi connectivity index (χ1n) is 4.77. The molecule has 0 saturated heterocycles. The molecule has 0 aliphatic carbocycles. The van der Waals surface area contributed by atoms with E-state index in [1.807, 2.05) is 25.1 Å². The van der Waals surface area contributed by atoms with Crippen molar-refractivity contribution in [2.45, 2.75) is 13.0 Å². The van der Waals surface area contributed by atoms with E-state index in [4.69, 9.17) is 9.47 Å². The highest BCUT2D eigenvalue weighted by atomic mass is 79.9. The molecule has 0 aliphatic heterocycles. The number of rotatable bonds is 5. The highest BCUT2D eigenvalue weighted by Gasteiger charge is 2.02. The van der Waals surface area contributed by atoms with Gasteiger partial charge in [0.15, 0.2) is 0 Å². The fourth-order valence-electron chi connectivity index (χ4n) is 1.13. The lowest BCUT2D eigenvalue weighted by Gasteiger charge is -2.13. The zero-order valence-corrected chi connectivity index (χ0v) is 10.8. The molecular formula is C11H16BrNO2. The zero-order chi connectivity index (χ0) is 11.3. The Morgan fingerprint density at radius 3 is 2.67 bits per heavy atom. The average molecular weight is 274 g/mol. The predicted octanol–water partition coefficient (Wildman–Crippen LogP) is 2.90. The van der Waals surface area contributed by atoms with Crippen LogP contribution >= 0.6 is 15.9 Å². The van der Waals surface area contributed by atoms with Gasteiger partial charge in [-0.2, -0.15) is 0 Å². The Hall–Kier alpha value is -0.740. The average Bonchev–Trinajstić information content (AvgIpc) is 2.25. The number of benzene rings is 1. The lowest BCUT2D eigenvalue weighted by molar-refractivity contribution is 0.129. The molecule has 0 aromatic heterocycles. The van der Waals surface area contributed by atoms with Crippen LogP contribution in [0.1, 0.15) is 6.92 Å². The second-order valence-corrected chi connectivity index (χ2v) is 4.22. The van der Waals surface area contributed by atoms with Crippen LogP contribution in [-0.4, -0.2) is 26.9 Å². The smallest absolute Gasteiger partial charge is 0.122 e. The largest absolute Gasteiger partial charge is 0.497 e. The fraction of sp³-hybridized carbons (Fsp3) is 0.455. The lowest BCUT2D eigenvalue weighted by atomic mass is 10.3.